The fourth-order valence-electron chi connectivity index (χ4n) is 1.33. The van der Waals surface area contributed by atoms with Gasteiger partial charge in [0.2, 0.25) is 5.71 Å². The number of hydrazone groups is 1. The Bertz CT molecular complexity index is 569. The molecule has 0 aliphatic carbocycles. The van der Waals surface area contributed by atoms with Crippen molar-refractivity contribution < 1.29 is 13.2 Å². The van der Waals surface area contributed by atoms with E-state index in [9.17, 15) is 13.2 Å². The van der Waals surface area contributed by atoms with E-state index in [4.69, 9.17) is 16.4 Å². The van der Waals surface area contributed by atoms with Crippen molar-refractivity contribution >= 4 is 17.2 Å². The SMILES string of the molecule is Cc1c(N/N=C(\C#N)C(=N)N)cccc1C(F)(F)F. The number of hydrogen-bond donors (Lipinski definition) is 3. The molecule has 19 heavy (non-hydrogen) atoms. The van der Waals surface area contributed by atoms with E-state index in [1.54, 1.807) is 6.07 Å². The van der Waals surface area contributed by atoms with Crippen molar-refractivity contribution in [3.05, 3.63) is 29.3 Å². The minimum Gasteiger partial charge on any atom is -0.382 e. The smallest absolute Gasteiger partial charge is 0.382 e. The van der Waals surface area contributed by atoms with Crippen molar-refractivity contribution in [2.24, 2.45) is 10.8 Å². The molecule has 5 nitrogen and oxygen atoms in total. The number of nitriles is 1. The van der Waals surface area contributed by atoms with Gasteiger partial charge in [0.05, 0.1) is 11.3 Å². The second-order valence-electron chi connectivity index (χ2n) is 3.57. The summed E-state index contributed by atoms with van der Waals surface area (Å²) in [7, 11) is 0. The molecule has 0 heterocycles. The lowest BCUT2D eigenvalue weighted by Crippen LogP contribution is -2.22. The zero-order valence-corrected chi connectivity index (χ0v) is 9.84. The van der Waals surface area contributed by atoms with Gasteiger partial charge in [0, 0.05) is 0 Å². The average molecular weight is 269 g/mol. The number of amidine groups is 1. The summed E-state index contributed by atoms with van der Waals surface area (Å²) in [6.45, 7) is 1.28. The fourth-order valence-corrected chi connectivity index (χ4v) is 1.33. The summed E-state index contributed by atoms with van der Waals surface area (Å²) < 4.78 is 38.0. The van der Waals surface area contributed by atoms with Crippen LogP contribution in [0.4, 0.5) is 18.9 Å². The van der Waals surface area contributed by atoms with Crippen molar-refractivity contribution in [1.82, 2.24) is 0 Å². The fraction of sp³-hybridized carbons (Fsp3) is 0.182. The van der Waals surface area contributed by atoms with Crippen LogP contribution in [0.2, 0.25) is 0 Å². The third-order valence-corrected chi connectivity index (χ3v) is 2.29. The lowest BCUT2D eigenvalue weighted by Gasteiger charge is -2.13. The summed E-state index contributed by atoms with van der Waals surface area (Å²) in [6.07, 6.45) is -4.47. The molecule has 0 saturated heterocycles. The van der Waals surface area contributed by atoms with Crippen molar-refractivity contribution in [1.29, 1.82) is 10.7 Å². The minimum atomic E-state index is -4.47. The molecule has 0 saturated carbocycles. The Morgan fingerprint density at radius 2 is 2.11 bits per heavy atom. The van der Waals surface area contributed by atoms with E-state index < -0.39 is 23.3 Å². The number of rotatable bonds is 3. The van der Waals surface area contributed by atoms with Gasteiger partial charge in [-0.1, -0.05) is 6.07 Å². The predicted octanol–water partition coefficient (Wildman–Crippen LogP) is 2.24. The van der Waals surface area contributed by atoms with Crippen LogP contribution in [0.25, 0.3) is 0 Å². The molecule has 0 aliphatic rings. The topological polar surface area (TPSA) is 98.0 Å². The van der Waals surface area contributed by atoms with Crippen LogP contribution in [-0.4, -0.2) is 11.5 Å². The highest BCUT2D eigenvalue weighted by Gasteiger charge is 2.32. The molecule has 0 radical (unpaired) electrons. The Hall–Kier alpha value is -2.56. The maximum Gasteiger partial charge on any atom is 0.416 e. The third kappa shape index (κ3) is 3.45. The van der Waals surface area contributed by atoms with Crippen molar-refractivity contribution in [2.45, 2.75) is 13.1 Å². The van der Waals surface area contributed by atoms with Crippen LogP contribution < -0.4 is 11.2 Å². The van der Waals surface area contributed by atoms with E-state index >= 15 is 0 Å². The molecule has 1 aromatic rings. The summed E-state index contributed by atoms with van der Waals surface area (Å²) in [5.41, 5.74) is 6.19. The zero-order valence-electron chi connectivity index (χ0n) is 9.84. The highest BCUT2D eigenvalue weighted by Crippen LogP contribution is 2.34. The Labute approximate surface area is 107 Å². The lowest BCUT2D eigenvalue weighted by molar-refractivity contribution is -0.138. The second-order valence-corrected chi connectivity index (χ2v) is 3.57. The molecular formula is C11H10F3N5. The van der Waals surface area contributed by atoms with Crippen LogP contribution >= 0.6 is 0 Å². The molecule has 1 rings (SSSR count). The molecule has 0 amide bonds. The highest BCUT2D eigenvalue weighted by molar-refractivity contribution is 6.45. The monoisotopic (exact) mass is 269 g/mol. The van der Waals surface area contributed by atoms with Crippen molar-refractivity contribution in [3.8, 4) is 6.07 Å². The van der Waals surface area contributed by atoms with Gasteiger partial charge in [-0.05, 0) is 24.6 Å². The average Bonchev–Trinajstić information content (AvgIpc) is 2.29. The first-order valence-corrected chi connectivity index (χ1v) is 5.02. The largest absolute Gasteiger partial charge is 0.416 e. The van der Waals surface area contributed by atoms with Gasteiger partial charge in [0.25, 0.3) is 0 Å². The van der Waals surface area contributed by atoms with E-state index in [1.165, 1.54) is 19.1 Å². The molecule has 0 fully saturated rings. The van der Waals surface area contributed by atoms with Crippen LogP contribution in [0.1, 0.15) is 11.1 Å². The van der Waals surface area contributed by atoms with Crippen LogP contribution in [0.5, 0.6) is 0 Å². The van der Waals surface area contributed by atoms with Crippen molar-refractivity contribution in [3.63, 3.8) is 0 Å². The summed E-state index contributed by atoms with van der Waals surface area (Å²) in [5, 5.41) is 19.1. The second kappa shape index (κ2) is 5.39. The van der Waals surface area contributed by atoms with Gasteiger partial charge in [-0.25, -0.2) is 0 Å². The Morgan fingerprint density at radius 3 is 2.58 bits per heavy atom. The normalized spacial score (nSPS) is 11.8. The molecular weight excluding hydrogens is 259 g/mol. The molecule has 0 unspecified atom stereocenters. The maximum absolute atomic E-state index is 12.7. The lowest BCUT2D eigenvalue weighted by atomic mass is 10.1. The van der Waals surface area contributed by atoms with Gasteiger partial charge in [-0.2, -0.15) is 23.5 Å². The number of anilines is 1. The molecule has 0 aromatic heterocycles. The summed E-state index contributed by atoms with van der Waals surface area (Å²) in [4.78, 5) is 0. The molecule has 4 N–H and O–H groups in total. The van der Waals surface area contributed by atoms with E-state index in [0.29, 0.717) is 0 Å². The van der Waals surface area contributed by atoms with E-state index in [-0.39, 0.29) is 11.3 Å². The zero-order chi connectivity index (χ0) is 14.6. The van der Waals surface area contributed by atoms with Crippen LogP contribution in [0, 0.1) is 23.7 Å². The molecule has 0 spiro atoms. The molecule has 0 aliphatic heterocycles. The Kier molecular flexibility index (Phi) is 4.11. The molecule has 0 atom stereocenters. The third-order valence-electron chi connectivity index (χ3n) is 2.29. The summed E-state index contributed by atoms with van der Waals surface area (Å²) >= 11 is 0. The first kappa shape index (κ1) is 14.5. The molecule has 0 bridgehead atoms. The first-order valence-electron chi connectivity index (χ1n) is 5.02. The number of hydrogen-bond acceptors (Lipinski definition) is 4. The Morgan fingerprint density at radius 1 is 1.47 bits per heavy atom. The molecule has 100 valence electrons. The van der Waals surface area contributed by atoms with Gasteiger partial charge >= 0.3 is 6.18 Å². The number of alkyl halides is 3. The first-order chi connectivity index (χ1) is 8.77. The highest BCUT2D eigenvalue weighted by atomic mass is 19.4. The minimum absolute atomic E-state index is 0.0559. The molecule has 1 aromatic carbocycles. The van der Waals surface area contributed by atoms with Gasteiger partial charge in [0.15, 0.2) is 5.84 Å². The van der Waals surface area contributed by atoms with Gasteiger partial charge in [-0.15, -0.1) is 0 Å². The number of nitrogens with one attached hydrogen (secondary N) is 2. The van der Waals surface area contributed by atoms with Crippen LogP contribution in [-0.2, 0) is 6.18 Å². The van der Waals surface area contributed by atoms with Crippen molar-refractivity contribution in [2.75, 3.05) is 5.43 Å². The van der Waals surface area contributed by atoms with Gasteiger partial charge in [-0.3, -0.25) is 10.8 Å². The van der Waals surface area contributed by atoms with Crippen LogP contribution in [0.3, 0.4) is 0 Å². The number of nitrogens with zero attached hydrogens (tertiary/aromatic N) is 2. The van der Waals surface area contributed by atoms with E-state index in [0.717, 1.165) is 6.07 Å². The van der Waals surface area contributed by atoms with E-state index in [2.05, 4.69) is 10.5 Å². The Balaban J connectivity index is 3.12. The predicted molar refractivity (Wildman–Crippen MR) is 64.8 cm³/mol. The van der Waals surface area contributed by atoms with E-state index in [1.807, 2.05) is 0 Å². The summed E-state index contributed by atoms with van der Waals surface area (Å²) in [5.74, 6) is -0.570. The maximum atomic E-state index is 12.7. The van der Waals surface area contributed by atoms with Gasteiger partial charge in [0.1, 0.15) is 6.07 Å². The quantitative estimate of drug-likeness (QED) is 0.446. The van der Waals surface area contributed by atoms with Gasteiger partial charge < -0.3 is 5.73 Å². The molecule has 8 heteroatoms. The van der Waals surface area contributed by atoms with Crippen LogP contribution in [0.15, 0.2) is 23.3 Å². The number of nitrogens with two attached hydrogens (primary N) is 1. The number of halogens is 3. The standard InChI is InChI=1S/C11H10F3N5/c1-6-7(11(12,13)14)3-2-4-8(6)18-19-9(5-15)10(16)17/h2-4,18H,1H3,(H3,16,17)/b19-9+. The number of benzene rings is 1. The summed E-state index contributed by atoms with van der Waals surface area (Å²) in [6, 6.07) is 5.09.